The van der Waals surface area contributed by atoms with E-state index in [-0.39, 0.29) is 12.5 Å². The SMILES string of the molecule is Cc1cccc(C)c1OCC(=O)Nc1cccc(-c2ncn[nH]2)c1. The minimum Gasteiger partial charge on any atom is -0.483 e. The molecule has 0 saturated heterocycles. The molecule has 0 saturated carbocycles. The summed E-state index contributed by atoms with van der Waals surface area (Å²) in [4.78, 5) is 16.2. The fraction of sp³-hybridized carbons (Fsp3) is 0.167. The number of aryl methyl sites for hydroxylation is 2. The molecule has 0 aliphatic heterocycles. The molecule has 0 unspecified atom stereocenters. The Morgan fingerprint density at radius 2 is 1.92 bits per heavy atom. The van der Waals surface area contributed by atoms with Crippen molar-refractivity contribution < 1.29 is 9.53 Å². The average molecular weight is 322 g/mol. The molecule has 1 amide bonds. The Kier molecular flexibility index (Phi) is 4.56. The van der Waals surface area contributed by atoms with E-state index in [1.165, 1.54) is 6.33 Å². The number of anilines is 1. The first-order valence-electron chi connectivity index (χ1n) is 7.58. The van der Waals surface area contributed by atoms with Crippen molar-refractivity contribution in [2.45, 2.75) is 13.8 Å². The highest BCUT2D eigenvalue weighted by atomic mass is 16.5. The monoisotopic (exact) mass is 322 g/mol. The smallest absolute Gasteiger partial charge is 0.262 e. The maximum Gasteiger partial charge on any atom is 0.262 e. The number of H-pyrrole nitrogens is 1. The molecule has 0 atom stereocenters. The van der Waals surface area contributed by atoms with Crippen molar-refractivity contribution in [1.29, 1.82) is 0 Å². The van der Waals surface area contributed by atoms with Gasteiger partial charge in [0.25, 0.3) is 5.91 Å². The van der Waals surface area contributed by atoms with Gasteiger partial charge in [-0.2, -0.15) is 5.10 Å². The van der Waals surface area contributed by atoms with E-state index in [4.69, 9.17) is 4.74 Å². The summed E-state index contributed by atoms with van der Waals surface area (Å²) in [5, 5.41) is 9.45. The maximum absolute atomic E-state index is 12.1. The van der Waals surface area contributed by atoms with Crippen LogP contribution >= 0.6 is 0 Å². The highest BCUT2D eigenvalue weighted by Gasteiger charge is 2.08. The molecule has 3 aromatic rings. The minimum atomic E-state index is -0.215. The standard InChI is InChI=1S/C18H18N4O2/c1-12-5-3-6-13(2)17(12)24-10-16(23)21-15-8-4-7-14(9-15)18-19-11-20-22-18/h3-9,11H,10H2,1-2H3,(H,21,23)(H,19,20,22). The van der Waals surface area contributed by atoms with Gasteiger partial charge in [-0.25, -0.2) is 4.98 Å². The second-order valence-electron chi connectivity index (χ2n) is 5.47. The van der Waals surface area contributed by atoms with E-state index >= 15 is 0 Å². The average Bonchev–Trinajstić information content (AvgIpc) is 3.09. The molecule has 1 heterocycles. The Hall–Kier alpha value is -3.15. The molecule has 24 heavy (non-hydrogen) atoms. The number of benzene rings is 2. The van der Waals surface area contributed by atoms with Crippen molar-refractivity contribution in [2.24, 2.45) is 0 Å². The van der Waals surface area contributed by atoms with E-state index in [0.29, 0.717) is 11.5 Å². The molecule has 6 heteroatoms. The summed E-state index contributed by atoms with van der Waals surface area (Å²) >= 11 is 0. The fourth-order valence-corrected chi connectivity index (χ4v) is 2.45. The molecule has 122 valence electrons. The van der Waals surface area contributed by atoms with Gasteiger partial charge in [-0.05, 0) is 37.1 Å². The number of nitrogens with one attached hydrogen (secondary N) is 2. The van der Waals surface area contributed by atoms with Gasteiger partial charge in [-0.15, -0.1) is 0 Å². The first-order chi connectivity index (χ1) is 11.6. The van der Waals surface area contributed by atoms with Crippen LogP contribution in [0.25, 0.3) is 11.4 Å². The maximum atomic E-state index is 12.1. The van der Waals surface area contributed by atoms with Crippen LogP contribution in [0, 0.1) is 13.8 Å². The number of rotatable bonds is 5. The van der Waals surface area contributed by atoms with Crippen LogP contribution in [0.5, 0.6) is 5.75 Å². The zero-order chi connectivity index (χ0) is 16.9. The summed E-state index contributed by atoms with van der Waals surface area (Å²) in [6.07, 6.45) is 1.44. The van der Waals surface area contributed by atoms with Gasteiger partial charge in [-0.1, -0.05) is 30.3 Å². The van der Waals surface area contributed by atoms with Crippen LogP contribution < -0.4 is 10.1 Å². The highest BCUT2D eigenvalue weighted by molar-refractivity contribution is 5.92. The molecule has 1 aromatic heterocycles. The third-order valence-corrected chi connectivity index (χ3v) is 3.59. The first kappa shape index (κ1) is 15.7. The number of carbonyl (C=O) groups is 1. The number of amides is 1. The van der Waals surface area contributed by atoms with E-state index in [0.717, 1.165) is 22.4 Å². The predicted molar refractivity (Wildman–Crippen MR) is 91.9 cm³/mol. The lowest BCUT2D eigenvalue weighted by Gasteiger charge is -2.12. The van der Waals surface area contributed by atoms with E-state index in [9.17, 15) is 4.79 Å². The van der Waals surface area contributed by atoms with Crippen LogP contribution in [-0.2, 0) is 4.79 Å². The molecule has 3 rings (SSSR count). The number of hydrogen-bond acceptors (Lipinski definition) is 4. The number of nitrogens with zero attached hydrogens (tertiary/aromatic N) is 2. The molecular formula is C18H18N4O2. The summed E-state index contributed by atoms with van der Waals surface area (Å²) in [5.74, 6) is 1.19. The van der Waals surface area contributed by atoms with E-state index < -0.39 is 0 Å². The number of carbonyl (C=O) groups excluding carboxylic acids is 1. The van der Waals surface area contributed by atoms with Crippen LogP contribution in [0.2, 0.25) is 0 Å². The molecule has 0 radical (unpaired) electrons. The summed E-state index contributed by atoms with van der Waals surface area (Å²) in [6.45, 7) is 3.88. The van der Waals surface area contributed by atoms with Crippen LogP contribution in [0.15, 0.2) is 48.8 Å². The van der Waals surface area contributed by atoms with Gasteiger partial charge in [0.05, 0.1) is 0 Å². The Bertz CT molecular complexity index is 824. The molecule has 0 fully saturated rings. The minimum absolute atomic E-state index is 0.0434. The fourth-order valence-electron chi connectivity index (χ4n) is 2.45. The van der Waals surface area contributed by atoms with E-state index in [2.05, 4.69) is 20.5 Å². The number of ether oxygens (including phenoxy) is 1. The largest absolute Gasteiger partial charge is 0.483 e. The van der Waals surface area contributed by atoms with Gasteiger partial charge in [0.1, 0.15) is 12.1 Å². The number of aromatic amines is 1. The van der Waals surface area contributed by atoms with Gasteiger partial charge in [-0.3, -0.25) is 9.89 Å². The lowest BCUT2D eigenvalue weighted by Crippen LogP contribution is -2.20. The van der Waals surface area contributed by atoms with Crippen molar-refractivity contribution in [1.82, 2.24) is 15.2 Å². The highest BCUT2D eigenvalue weighted by Crippen LogP contribution is 2.22. The van der Waals surface area contributed by atoms with Crippen molar-refractivity contribution in [3.63, 3.8) is 0 Å². The predicted octanol–water partition coefficient (Wildman–Crippen LogP) is 3.11. The van der Waals surface area contributed by atoms with Crippen molar-refractivity contribution in [3.05, 3.63) is 59.9 Å². The van der Waals surface area contributed by atoms with E-state index in [1.54, 1.807) is 0 Å². The Morgan fingerprint density at radius 3 is 2.62 bits per heavy atom. The summed E-state index contributed by atoms with van der Waals surface area (Å²) in [7, 11) is 0. The van der Waals surface area contributed by atoms with Crippen LogP contribution in [0.4, 0.5) is 5.69 Å². The number of hydrogen-bond donors (Lipinski definition) is 2. The molecule has 0 aliphatic carbocycles. The molecule has 0 aliphatic rings. The third-order valence-electron chi connectivity index (χ3n) is 3.59. The number of para-hydroxylation sites is 1. The van der Waals surface area contributed by atoms with Gasteiger partial charge in [0.15, 0.2) is 12.4 Å². The normalized spacial score (nSPS) is 10.4. The molecule has 2 aromatic carbocycles. The lowest BCUT2D eigenvalue weighted by atomic mass is 10.1. The van der Waals surface area contributed by atoms with Crippen LogP contribution in [0.1, 0.15) is 11.1 Å². The van der Waals surface area contributed by atoms with E-state index in [1.807, 2.05) is 56.3 Å². The molecule has 0 bridgehead atoms. The molecular weight excluding hydrogens is 304 g/mol. The lowest BCUT2D eigenvalue weighted by molar-refractivity contribution is -0.118. The summed E-state index contributed by atoms with van der Waals surface area (Å²) < 4.78 is 5.66. The summed E-state index contributed by atoms with van der Waals surface area (Å²) in [5.41, 5.74) is 3.55. The quantitative estimate of drug-likeness (QED) is 0.756. The third kappa shape index (κ3) is 3.60. The topological polar surface area (TPSA) is 79.9 Å². The van der Waals surface area contributed by atoms with Crippen LogP contribution in [0.3, 0.4) is 0 Å². The zero-order valence-corrected chi connectivity index (χ0v) is 13.5. The van der Waals surface area contributed by atoms with Gasteiger partial charge in [0, 0.05) is 11.3 Å². The molecule has 0 spiro atoms. The molecule has 6 nitrogen and oxygen atoms in total. The summed E-state index contributed by atoms with van der Waals surface area (Å²) in [6, 6.07) is 13.3. The van der Waals surface area contributed by atoms with Crippen molar-refractivity contribution in [3.8, 4) is 17.1 Å². The van der Waals surface area contributed by atoms with Crippen molar-refractivity contribution >= 4 is 11.6 Å². The number of aromatic nitrogens is 3. The van der Waals surface area contributed by atoms with Gasteiger partial charge >= 0.3 is 0 Å². The first-order valence-corrected chi connectivity index (χ1v) is 7.58. The van der Waals surface area contributed by atoms with Crippen LogP contribution in [-0.4, -0.2) is 27.7 Å². The van der Waals surface area contributed by atoms with Gasteiger partial charge < -0.3 is 10.1 Å². The Morgan fingerprint density at radius 1 is 1.17 bits per heavy atom. The zero-order valence-electron chi connectivity index (χ0n) is 13.5. The Balaban J connectivity index is 1.64. The van der Waals surface area contributed by atoms with Gasteiger partial charge in [0.2, 0.25) is 0 Å². The second kappa shape index (κ2) is 6.95. The second-order valence-corrected chi connectivity index (χ2v) is 5.47. The Labute approximate surface area is 139 Å². The van der Waals surface area contributed by atoms with Crippen molar-refractivity contribution in [2.75, 3.05) is 11.9 Å². The molecule has 2 N–H and O–H groups in total.